The van der Waals surface area contributed by atoms with Crippen LogP contribution in [-0.4, -0.2) is 69.9 Å². The van der Waals surface area contributed by atoms with E-state index in [1.165, 1.54) is 42.8 Å². The smallest absolute Gasteiger partial charge is 0.214 e. The van der Waals surface area contributed by atoms with Crippen molar-refractivity contribution in [2.45, 2.75) is 58.0 Å². The van der Waals surface area contributed by atoms with Gasteiger partial charge < -0.3 is 15.4 Å². The third-order valence-corrected chi connectivity index (χ3v) is 6.67. The number of aliphatic imine (C=N–C) groups is 1. The van der Waals surface area contributed by atoms with E-state index < -0.39 is 10.0 Å². The molecule has 1 saturated heterocycles. The molecule has 0 aromatic carbocycles. The van der Waals surface area contributed by atoms with Gasteiger partial charge in [0.05, 0.1) is 25.0 Å². The number of rotatable bonds is 8. The maximum atomic E-state index is 11.8. The number of nitrogens with zero attached hydrogens (tertiary/aromatic N) is 2. The predicted octanol–water partition coefficient (Wildman–Crippen LogP) is 1.93. The van der Waals surface area contributed by atoms with E-state index in [-0.39, 0.29) is 29.7 Å². The molecular weight excluding hydrogens is 467 g/mol. The molecule has 1 heterocycles. The predicted molar refractivity (Wildman–Crippen MR) is 117 cm³/mol. The van der Waals surface area contributed by atoms with Gasteiger partial charge in [0, 0.05) is 26.2 Å². The fourth-order valence-corrected chi connectivity index (χ4v) is 4.88. The van der Waals surface area contributed by atoms with Gasteiger partial charge in [-0.2, -0.15) is 0 Å². The van der Waals surface area contributed by atoms with Crippen LogP contribution < -0.4 is 10.6 Å². The number of ether oxygens (including phenoxy) is 1. The number of hydrogen-bond donors (Lipinski definition) is 2. The second-order valence-corrected chi connectivity index (χ2v) is 8.83. The molecule has 0 atom stereocenters. The third-order valence-electron chi connectivity index (χ3n) is 4.72. The Morgan fingerprint density at radius 3 is 2.50 bits per heavy atom. The molecule has 2 aliphatic rings. The lowest BCUT2D eigenvalue weighted by Gasteiger charge is -2.17. The van der Waals surface area contributed by atoms with Crippen LogP contribution in [0.3, 0.4) is 0 Å². The SMILES string of the molecule is CCNC(=NCCN1CCCS1(=O)=O)NCCOC1CCCCCC1.I. The Hall–Kier alpha value is -0.130. The van der Waals surface area contributed by atoms with Crippen LogP contribution in [0.1, 0.15) is 51.9 Å². The Bertz CT molecular complexity index is 508. The van der Waals surface area contributed by atoms with E-state index in [0.29, 0.717) is 38.9 Å². The number of nitrogens with one attached hydrogen (secondary N) is 2. The van der Waals surface area contributed by atoms with E-state index in [9.17, 15) is 8.42 Å². The molecule has 0 amide bonds. The van der Waals surface area contributed by atoms with Crippen molar-refractivity contribution in [3.8, 4) is 0 Å². The molecular formula is C17H35IN4O3S. The highest BCUT2D eigenvalue weighted by Gasteiger charge is 2.27. The summed E-state index contributed by atoms with van der Waals surface area (Å²) in [7, 11) is -3.03. The van der Waals surface area contributed by atoms with Gasteiger partial charge in [0.15, 0.2) is 5.96 Å². The summed E-state index contributed by atoms with van der Waals surface area (Å²) < 4.78 is 31.1. The van der Waals surface area contributed by atoms with Gasteiger partial charge in [-0.1, -0.05) is 25.7 Å². The Morgan fingerprint density at radius 2 is 1.88 bits per heavy atom. The largest absolute Gasteiger partial charge is 0.376 e. The molecule has 2 fully saturated rings. The van der Waals surface area contributed by atoms with Gasteiger partial charge in [-0.05, 0) is 26.2 Å². The minimum atomic E-state index is -3.03. The molecule has 0 spiro atoms. The molecule has 0 unspecified atom stereocenters. The second kappa shape index (κ2) is 13.1. The average Bonchev–Trinajstić information content (AvgIpc) is 2.78. The number of hydrogen-bond acceptors (Lipinski definition) is 4. The van der Waals surface area contributed by atoms with Gasteiger partial charge in [0.25, 0.3) is 0 Å². The molecule has 154 valence electrons. The Kier molecular flexibility index (Phi) is 12.1. The number of halogens is 1. The zero-order valence-electron chi connectivity index (χ0n) is 15.9. The van der Waals surface area contributed by atoms with Gasteiger partial charge in [0.1, 0.15) is 0 Å². The molecule has 0 radical (unpaired) electrons. The Morgan fingerprint density at radius 1 is 1.15 bits per heavy atom. The molecule has 1 saturated carbocycles. The van der Waals surface area contributed by atoms with Crippen LogP contribution in [0.2, 0.25) is 0 Å². The summed E-state index contributed by atoms with van der Waals surface area (Å²) in [5.74, 6) is 0.997. The Labute approximate surface area is 175 Å². The number of sulfonamides is 1. The summed E-state index contributed by atoms with van der Waals surface area (Å²) in [5, 5.41) is 6.46. The van der Waals surface area contributed by atoms with Gasteiger partial charge in [-0.3, -0.25) is 4.99 Å². The quantitative estimate of drug-likeness (QED) is 0.174. The van der Waals surface area contributed by atoms with Crippen molar-refractivity contribution < 1.29 is 13.2 Å². The van der Waals surface area contributed by atoms with Crippen LogP contribution in [-0.2, 0) is 14.8 Å². The maximum Gasteiger partial charge on any atom is 0.214 e. The zero-order valence-corrected chi connectivity index (χ0v) is 19.1. The molecule has 0 aromatic rings. The van der Waals surface area contributed by atoms with E-state index in [2.05, 4.69) is 15.6 Å². The van der Waals surface area contributed by atoms with Gasteiger partial charge >= 0.3 is 0 Å². The number of guanidine groups is 1. The van der Waals surface area contributed by atoms with E-state index in [1.807, 2.05) is 6.92 Å². The minimum Gasteiger partial charge on any atom is -0.376 e. The van der Waals surface area contributed by atoms with Crippen molar-refractivity contribution in [3.05, 3.63) is 0 Å². The maximum absolute atomic E-state index is 11.8. The zero-order chi connectivity index (χ0) is 18.0. The highest BCUT2D eigenvalue weighted by molar-refractivity contribution is 14.0. The molecule has 1 aliphatic heterocycles. The van der Waals surface area contributed by atoms with Crippen molar-refractivity contribution in [3.63, 3.8) is 0 Å². The van der Waals surface area contributed by atoms with Gasteiger partial charge in [-0.25, -0.2) is 12.7 Å². The molecule has 26 heavy (non-hydrogen) atoms. The summed E-state index contributed by atoms with van der Waals surface area (Å²) in [6.07, 6.45) is 8.72. The molecule has 0 aromatic heterocycles. The van der Waals surface area contributed by atoms with Crippen molar-refractivity contribution in [2.24, 2.45) is 4.99 Å². The van der Waals surface area contributed by atoms with E-state index in [4.69, 9.17) is 4.74 Å². The van der Waals surface area contributed by atoms with Crippen LogP contribution in [0.4, 0.5) is 0 Å². The van der Waals surface area contributed by atoms with Crippen LogP contribution in [0.5, 0.6) is 0 Å². The van der Waals surface area contributed by atoms with Crippen molar-refractivity contribution in [2.75, 3.05) is 45.1 Å². The van der Waals surface area contributed by atoms with Crippen LogP contribution >= 0.6 is 24.0 Å². The van der Waals surface area contributed by atoms with Crippen LogP contribution in [0.25, 0.3) is 0 Å². The lowest BCUT2D eigenvalue weighted by Crippen LogP contribution is -2.40. The first kappa shape index (κ1) is 23.9. The molecule has 9 heteroatoms. The molecule has 1 aliphatic carbocycles. The first-order valence-electron chi connectivity index (χ1n) is 9.73. The minimum absolute atomic E-state index is 0. The van der Waals surface area contributed by atoms with Crippen LogP contribution in [0.15, 0.2) is 4.99 Å². The van der Waals surface area contributed by atoms with Gasteiger partial charge in [-0.15, -0.1) is 24.0 Å². The fourth-order valence-electron chi connectivity index (χ4n) is 3.36. The summed E-state index contributed by atoms with van der Waals surface area (Å²) in [5.41, 5.74) is 0. The monoisotopic (exact) mass is 502 g/mol. The van der Waals surface area contributed by atoms with Crippen molar-refractivity contribution in [1.29, 1.82) is 0 Å². The summed E-state index contributed by atoms with van der Waals surface area (Å²) in [6.45, 7) is 5.73. The lowest BCUT2D eigenvalue weighted by molar-refractivity contribution is 0.0468. The second-order valence-electron chi connectivity index (χ2n) is 6.74. The summed E-state index contributed by atoms with van der Waals surface area (Å²) in [4.78, 5) is 4.47. The fraction of sp³-hybridized carbons (Fsp3) is 0.941. The van der Waals surface area contributed by atoms with E-state index >= 15 is 0 Å². The topological polar surface area (TPSA) is 83.0 Å². The van der Waals surface area contributed by atoms with Crippen LogP contribution in [0, 0.1) is 0 Å². The average molecular weight is 502 g/mol. The lowest BCUT2D eigenvalue weighted by atomic mass is 10.1. The molecule has 0 bridgehead atoms. The standard InChI is InChI=1S/C17H34N4O3S.HI/c1-2-18-17(19-10-13-21-12-7-15-25(21,22)23)20-11-14-24-16-8-5-3-4-6-9-16;/h16H,2-15H2,1H3,(H2,18,19,20);1H. The summed E-state index contributed by atoms with van der Waals surface area (Å²) >= 11 is 0. The van der Waals surface area contributed by atoms with E-state index in [0.717, 1.165) is 18.9 Å². The molecule has 2 rings (SSSR count). The van der Waals surface area contributed by atoms with Crippen molar-refractivity contribution >= 4 is 40.0 Å². The normalized spacial score (nSPS) is 21.8. The third kappa shape index (κ3) is 8.71. The first-order chi connectivity index (χ1) is 12.1. The first-order valence-corrected chi connectivity index (χ1v) is 11.3. The highest BCUT2D eigenvalue weighted by atomic mass is 127. The van der Waals surface area contributed by atoms with E-state index in [1.54, 1.807) is 0 Å². The van der Waals surface area contributed by atoms with Crippen molar-refractivity contribution in [1.82, 2.24) is 14.9 Å². The summed E-state index contributed by atoms with van der Waals surface area (Å²) in [6, 6.07) is 0. The highest BCUT2D eigenvalue weighted by Crippen LogP contribution is 2.19. The molecule has 2 N–H and O–H groups in total. The van der Waals surface area contributed by atoms with Gasteiger partial charge in [0.2, 0.25) is 10.0 Å². The molecule has 7 nitrogen and oxygen atoms in total. The Balaban J connectivity index is 0.00000338.